The fourth-order valence-electron chi connectivity index (χ4n) is 4.07. The van der Waals surface area contributed by atoms with Gasteiger partial charge in [-0.05, 0) is 36.4 Å². The van der Waals surface area contributed by atoms with Gasteiger partial charge in [-0.25, -0.2) is 4.98 Å². The van der Waals surface area contributed by atoms with Gasteiger partial charge in [-0.3, -0.25) is 9.59 Å². The summed E-state index contributed by atoms with van der Waals surface area (Å²) in [5.74, 6) is 1.27. The molecule has 170 valence electrons. The molecular formula is C24H24N4O3S2. The van der Waals surface area contributed by atoms with Crippen LogP contribution in [-0.2, 0) is 11.3 Å². The van der Waals surface area contributed by atoms with E-state index in [-0.39, 0.29) is 11.8 Å². The monoisotopic (exact) mass is 480 g/mol. The fourth-order valence-corrected chi connectivity index (χ4v) is 5.76. The maximum absolute atomic E-state index is 13.0. The number of benzene rings is 2. The van der Waals surface area contributed by atoms with Gasteiger partial charge in [-0.2, -0.15) is 0 Å². The number of amides is 2. The lowest BCUT2D eigenvalue weighted by Gasteiger charge is -2.35. The molecule has 2 aliphatic heterocycles. The zero-order chi connectivity index (χ0) is 22.8. The molecule has 2 amide bonds. The molecule has 1 saturated heterocycles. The molecular weight excluding hydrogens is 456 g/mol. The molecule has 0 N–H and O–H groups in total. The van der Waals surface area contributed by atoms with Crippen LogP contribution in [0.3, 0.4) is 0 Å². The van der Waals surface area contributed by atoms with Gasteiger partial charge >= 0.3 is 0 Å². The Hall–Kier alpha value is -3.04. The molecule has 3 aromatic rings. The molecule has 3 heterocycles. The molecule has 9 heteroatoms. The Morgan fingerprint density at radius 1 is 1.06 bits per heavy atom. The van der Waals surface area contributed by atoms with Crippen LogP contribution in [0, 0.1) is 0 Å². The number of piperazine rings is 1. The quantitative estimate of drug-likeness (QED) is 0.554. The van der Waals surface area contributed by atoms with E-state index in [4.69, 9.17) is 4.74 Å². The SMILES string of the molecule is COc1ccc(N2CCN(C(=O)c3csc(CN4C(=O)CSc5ccccc54)n3)CC2)cc1. The minimum atomic E-state index is -0.0483. The van der Waals surface area contributed by atoms with Crippen molar-refractivity contribution in [2.45, 2.75) is 11.4 Å². The van der Waals surface area contributed by atoms with E-state index < -0.39 is 0 Å². The number of fused-ring (bicyclic) bond motifs is 1. The molecule has 1 aromatic heterocycles. The highest BCUT2D eigenvalue weighted by Gasteiger charge is 2.27. The van der Waals surface area contributed by atoms with Crippen LogP contribution in [-0.4, -0.2) is 60.7 Å². The lowest BCUT2D eigenvalue weighted by molar-refractivity contribution is -0.116. The molecule has 7 nitrogen and oxygen atoms in total. The van der Waals surface area contributed by atoms with Crippen LogP contribution >= 0.6 is 23.1 Å². The van der Waals surface area contributed by atoms with Crippen LogP contribution in [0.1, 0.15) is 15.5 Å². The number of carbonyl (C=O) groups is 2. The van der Waals surface area contributed by atoms with E-state index in [1.54, 1.807) is 23.8 Å². The van der Waals surface area contributed by atoms with Crippen LogP contribution in [0.5, 0.6) is 5.75 Å². The number of anilines is 2. The molecule has 5 rings (SSSR count). The lowest BCUT2D eigenvalue weighted by Crippen LogP contribution is -2.48. The second-order valence-corrected chi connectivity index (χ2v) is 9.80. The van der Waals surface area contributed by atoms with Crippen molar-refractivity contribution in [2.75, 3.05) is 48.8 Å². The second kappa shape index (κ2) is 9.44. The smallest absolute Gasteiger partial charge is 0.273 e. The molecule has 33 heavy (non-hydrogen) atoms. The summed E-state index contributed by atoms with van der Waals surface area (Å²) < 4.78 is 5.23. The number of hydrogen-bond donors (Lipinski definition) is 0. The van der Waals surface area contributed by atoms with Crippen LogP contribution in [0.4, 0.5) is 11.4 Å². The molecule has 0 aliphatic carbocycles. The first-order chi connectivity index (χ1) is 16.1. The second-order valence-electron chi connectivity index (χ2n) is 7.84. The Balaban J connectivity index is 1.22. The van der Waals surface area contributed by atoms with Crippen LogP contribution in [0.2, 0.25) is 0 Å². The van der Waals surface area contributed by atoms with Crippen molar-refractivity contribution >= 4 is 46.3 Å². The largest absolute Gasteiger partial charge is 0.497 e. The first-order valence-corrected chi connectivity index (χ1v) is 12.6. The van der Waals surface area contributed by atoms with E-state index in [0.29, 0.717) is 31.1 Å². The summed E-state index contributed by atoms with van der Waals surface area (Å²) in [6, 6.07) is 15.9. The first kappa shape index (κ1) is 21.8. The highest BCUT2D eigenvalue weighted by atomic mass is 32.2. The average Bonchev–Trinajstić information content (AvgIpc) is 3.34. The highest BCUT2D eigenvalue weighted by molar-refractivity contribution is 8.00. The summed E-state index contributed by atoms with van der Waals surface area (Å²) in [6.45, 7) is 3.22. The predicted molar refractivity (Wildman–Crippen MR) is 132 cm³/mol. The summed E-state index contributed by atoms with van der Waals surface area (Å²) in [5.41, 5.74) is 2.50. The molecule has 0 radical (unpaired) electrons. The number of aromatic nitrogens is 1. The Kier molecular flexibility index (Phi) is 6.24. The maximum Gasteiger partial charge on any atom is 0.273 e. The molecule has 2 aromatic carbocycles. The Morgan fingerprint density at radius 3 is 2.58 bits per heavy atom. The van der Waals surface area contributed by atoms with Crippen molar-refractivity contribution in [3.8, 4) is 5.75 Å². The van der Waals surface area contributed by atoms with E-state index in [9.17, 15) is 9.59 Å². The third-order valence-corrected chi connectivity index (χ3v) is 7.76. The van der Waals surface area contributed by atoms with Gasteiger partial charge in [-0.15, -0.1) is 23.1 Å². The van der Waals surface area contributed by atoms with E-state index in [1.807, 2.05) is 58.8 Å². The Bertz CT molecular complexity index is 1160. The summed E-state index contributed by atoms with van der Waals surface area (Å²) in [5, 5.41) is 2.58. The lowest BCUT2D eigenvalue weighted by atomic mass is 10.2. The molecule has 0 saturated carbocycles. The van der Waals surface area contributed by atoms with Gasteiger partial charge in [0, 0.05) is 42.1 Å². The first-order valence-electron chi connectivity index (χ1n) is 10.8. The fraction of sp³-hybridized carbons (Fsp3) is 0.292. The van der Waals surface area contributed by atoms with Gasteiger partial charge in [0.15, 0.2) is 0 Å². The number of carbonyl (C=O) groups excluding carboxylic acids is 2. The normalized spacial score (nSPS) is 16.0. The van der Waals surface area contributed by atoms with Gasteiger partial charge in [-0.1, -0.05) is 12.1 Å². The third kappa shape index (κ3) is 4.56. The zero-order valence-corrected chi connectivity index (χ0v) is 19.9. The zero-order valence-electron chi connectivity index (χ0n) is 18.3. The molecule has 0 atom stereocenters. The summed E-state index contributed by atoms with van der Waals surface area (Å²) in [6.07, 6.45) is 0. The summed E-state index contributed by atoms with van der Waals surface area (Å²) >= 11 is 2.99. The van der Waals surface area contributed by atoms with E-state index >= 15 is 0 Å². The molecule has 0 spiro atoms. The van der Waals surface area contributed by atoms with Crippen molar-refractivity contribution in [1.82, 2.24) is 9.88 Å². The van der Waals surface area contributed by atoms with Crippen molar-refractivity contribution < 1.29 is 14.3 Å². The summed E-state index contributed by atoms with van der Waals surface area (Å²) in [7, 11) is 1.66. The van der Waals surface area contributed by atoms with Crippen LogP contribution in [0.15, 0.2) is 58.8 Å². The predicted octanol–water partition coefficient (Wildman–Crippen LogP) is 3.75. The molecule has 2 aliphatic rings. The van der Waals surface area contributed by atoms with Crippen LogP contribution in [0.25, 0.3) is 0 Å². The standard InChI is InChI=1S/C24H24N4O3S2/c1-31-18-8-6-17(7-9-18)26-10-12-27(13-11-26)24(30)19-15-33-22(25-19)14-28-20-4-2-3-5-21(20)32-16-23(28)29/h2-9,15H,10-14,16H2,1H3. The molecule has 0 unspecified atom stereocenters. The minimum absolute atomic E-state index is 0.0483. The summed E-state index contributed by atoms with van der Waals surface area (Å²) in [4.78, 5) is 37.2. The Labute approximate surface area is 201 Å². The van der Waals surface area contributed by atoms with E-state index in [1.165, 1.54) is 11.3 Å². The van der Waals surface area contributed by atoms with E-state index in [2.05, 4.69) is 9.88 Å². The van der Waals surface area contributed by atoms with Gasteiger partial charge in [0.1, 0.15) is 16.5 Å². The number of hydrogen-bond acceptors (Lipinski definition) is 7. The van der Waals surface area contributed by atoms with Crippen molar-refractivity contribution in [3.63, 3.8) is 0 Å². The number of rotatable bonds is 5. The number of ether oxygens (including phenoxy) is 1. The van der Waals surface area contributed by atoms with Crippen molar-refractivity contribution in [3.05, 3.63) is 64.6 Å². The van der Waals surface area contributed by atoms with Gasteiger partial charge in [0.05, 0.1) is 25.1 Å². The van der Waals surface area contributed by atoms with Crippen molar-refractivity contribution in [2.24, 2.45) is 0 Å². The van der Waals surface area contributed by atoms with Crippen molar-refractivity contribution in [1.29, 1.82) is 0 Å². The maximum atomic E-state index is 13.0. The number of para-hydroxylation sites is 1. The van der Waals surface area contributed by atoms with Gasteiger partial charge in [0.25, 0.3) is 5.91 Å². The topological polar surface area (TPSA) is 66.0 Å². The van der Waals surface area contributed by atoms with Crippen LogP contribution < -0.4 is 14.5 Å². The molecule has 1 fully saturated rings. The number of methoxy groups -OCH3 is 1. The van der Waals surface area contributed by atoms with Gasteiger partial charge in [0.2, 0.25) is 5.91 Å². The number of thiazole rings is 1. The number of nitrogens with zero attached hydrogens (tertiary/aromatic N) is 4. The Morgan fingerprint density at radius 2 is 1.82 bits per heavy atom. The van der Waals surface area contributed by atoms with Gasteiger partial charge < -0.3 is 19.4 Å². The minimum Gasteiger partial charge on any atom is -0.497 e. The molecule has 0 bridgehead atoms. The third-order valence-electron chi connectivity index (χ3n) is 5.88. The average molecular weight is 481 g/mol. The highest BCUT2D eigenvalue weighted by Crippen LogP contribution is 2.36. The number of thioether (sulfide) groups is 1. The van der Waals surface area contributed by atoms with E-state index in [0.717, 1.165) is 40.1 Å².